The highest BCUT2D eigenvalue weighted by Gasteiger charge is 2.21. The van der Waals surface area contributed by atoms with E-state index in [1.54, 1.807) is 13.3 Å². The van der Waals surface area contributed by atoms with E-state index in [9.17, 15) is 4.79 Å². The Morgan fingerprint density at radius 3 is 2.70 bits per heavy atom. The number of fused-ring (bicyclic) bond motifs is 3. The van der Waals surface area contributed by atoms with Crippen LogP contribution in [0.25, 0.3) is 21.8 Å². The Balaban J connectivity index is 1.86. The predicted molar refractivity (Wildman–Crippen MR) is 119 cm³/mol. The number of carbonyl (C=O) groups is 1. The van der Waals surface area contributed by atoms with Gasteiger partial charge in [-0.3, -0.25) is 0 Å². The maximum Gasteiger partial charge on any atom is 0.357 e. The lowest BCUT2D eigenvalue weighted by atomic mass is 10.1. The summed E-state index contributed by atoms with van der Waals surface area (Å²) in [5.41, 5.74) is 2.68. The molecule has 0 bridgehead atoms. The number of pyridine rings is 1. The number of esters is 1. The van der Waals surface area contributed by atoms with E-state index >= 15 is 0 Å². The fraction of sp³-hybridized carbons (Fsp3) is 0.217. The lowest BCUT2D eigenvalue weighted by Gasteiger charge is -2.12. The number of H-pyrrole nitrogens is 1. The Bertz CT molecular complexity index is 1230. The predicted octanol–water partition coefficient (Wildman–Crippen LogP) is 5.98. The van der Waals surface area contributed by atoms with E-state index in [0.717, 1.165) is 32.0 Å². The number of hydrogen-bond acceptors (Lipinski definition) is 5. The molecule has 0 aliphatic carbocycles. The zero-order chi connectivity index (χ0) is 21.3. The van der Waals surface area contributed by atoms with Gasteiger partial charge in [0.1, 0.15) is 11.5 Å². The van der Waals surface area contributed by atoms with Crippen LogP contribution in [-0.2, 0) is 16.1 Å². The minimum Gasteiger partial charge on any atom is -0.458 e. The zero-order valence-electron chi connectivity index (χ0n) is 16.9. The van der Waals surface area contributed by atoms with E-state index < -0.39 is 5.97 Å². The van der Waals surface area contributed by atoms with Crippen LogP contribution in [0.2, 0.25) is 0 Å². The van der Waals surface area contributed by atoms with Crippen molar-refractivity contribution >= 4 is 43.7 Å². The first-order valence-corrected chi connectivity index (χ1v) is 10.3. The van der Waals surface area contributed by atoms with Crippen molar-refractivity contribution in [3.63, 3.8) is 0 Å². The minimum atomic E-state index is -0.464. The van der Waals surface area contributed by atoms with E-state index in [1.807, 2.05) is 56.3 Å². The molecule has 2 aromatic heterocycles. The summed E-state index contributed by atoms with van der Waals surface area (Å²) in [7, 11) is 1.59. The third kappa shape index (κ3) is 3.91. The number of nitrogens with one attached hydrogen (secondary N) is 1. The summed E-state index contributed by atoms with van der Waals surface area (Å²) in [5, 5.41) is 1.79. The van der Waals surface area contributed by atoms with Gasteiger partial charge >= 0.3 is 5.97 Å². The van der Waals surface area contributed by atoms with Gasteiger partial charge in [-0.05, 0) is 60.1 Å². The molecule has 6 nitrogen and oxygen atoms in total. The summed E-state index contributed by atoms with van der Waals surface area (Å²) in [6, 6.07) is 13.5. The number of carbonyl (C=O) groups excluding carboxylic acids is 1. The number of nitrogens with zero attached hydrogens (tertiary/aromatic N) is 1. The monoisotopic (exact) mass is 468 g/mol. The lowest BCUT2D eigenvalue weighted by Crippen LogP contribution is -2.15. The molecule has 0 amide bonds. The molecule has 4 rings (SSSR count). The fourth-order valence-electron chi connectivity index (χ4n) is 3.39. The molecule has 154 valence electrons. The van der Waals surface area contributed by atoms with E-state index in [0.29, 0.717) is 11.3 Å². The quantitative estimate of drug-likeness (QED) is 0.352. The van der Waals surface area contributed by atoms with E-state index in [4.69, 9.17) is 14.2 Å². The van der Waals surface area contributed by atoms with Crippen molar-refractivity contribution in [1.82, 2.24) is 9.97 Å². The third-order valence-electron chi connectivity index (χ3n) is 4.60. The van der Waals surface area contributed by atoms with Crippen molar-refractivity contribution in [3.05, 3.63) is 64.4 Å². The van der Waals surface area contributed by atoms with Crippen LogP contribution in [0.3, 0.4) is 0 Å². The van der Waals surface area contributed by atoms with Gasteiger partial charge in [0.2, 0.25) is 0 Å². The Hall–Kier alpha value is -2.90. The third-order valence-corrected chi connectivity index (χ3v) is 5.25. The van der Waals surface area contributed by atoms with Crippen molar-refractivity contribution in [2.75, 3.05) is 7.11 Å². The number of para-hydroxylation sites is 1. The van der Waals surface area contributed by atoms with Crippen LogP contribution in [-0.4, -0.2) is 29.2 Å². The van der Waals surface area contributed by atoms with Crippen LogP contribution in [0.4, 0.5) is 0 Å². The number of halogens is 1. The molecule has 0 spiro atoms. The van der Waals surface area contributed by atoms with Crippen LogP contribution in [0, 0.1) is 0 Å². The van der Waals surface area contributed by atoms with E-state index in [2.05, 4.69) is 25.9 Å². The lowest BCUT2D eigenvalue weighted by molar-refractivity contribution is 0.0366. The highest BCUT2D eigenvalue weighted by atomic mass is 79.9. The first-order valence-electron chi connectivity index (χ1n) is 9.53. The Kier molecular flexibility index (Phi) is 5.74. The van der Waals surface area contributed by atoms with Crippen LogP contribution in [0.1, 0.15) is 29.9 Å². The van der Waals surface area contributed by atoms with Gasteiger partial charge in [0, 0.05) is 29.0 Å². The second kappa shape index (κ2) is 8.45. The van der Waals surface area contributed by atoms with Crippen molar-refractivity contribution in [2.45, 2.75) is 26.6 Å². The fourth-order valence-corrected chi connectivity index (χ4v) is 3.75. The molecular weight excluding hydrogens is 448 g/mol. The first kappa shape index (κ1) is 20.4. The molecule has 0 saturated carbocycles. The smallest absolute Gasteiger partial charge is 0.357 e. The van der Waals surface area contributed by atoms with Crippen molar-refractivity contribution in [2.24, 2.45) is 0 Å². The number of benzene rings is 2. The highest BCUT2D eigenvalue weighted by Crippen LogP contribution is 2.35. The number of methoxy groups -OCH3 is 1. The maximum atomic E-state index is 12.6. The molecule has 30 heavy (non-hydrogen) atoms. The molecule has 2 aromatic carbocycles. The highest BCUT2D eigenvalue weighted by molar-refractivity contribution is 9.10. The van der Waals surface area contributed by atoms with E-state index in [-0.39, 0.29) is 18.4 Å². The van der Waals surface area contributed by atoms with Crippen molar-refractivity contribution in [1.29, 1.82) is 0 Å². The molecule has 0 aliphatic rings. The average molecular weight is 469 g/mol. The summed E-state index contributed by atoms with van der Waals surface area (Å²) in [4.78, 5) is 20.3. The SMILES string of the molecule is COCc1c(C(=O)OC(C)C)ncc2[nH]c3ccc(Oc4ccccc4Br)cc3c12. The van der Waals surface area contributed by atoms with Crippen molar-refractivity contribution in [3.8, 4) is 11.5 Å². The van der Waals surface area contributed by atoms with Gasteiger partial charge in [0.05, 0.1) is 28.9 Å². The molecule has 4 aromatic rings. The molecule has 1 N–H and O–H groups in total. The summed E-state index contributed by atoms with van der Waals surface area (Å²) < 4.78 is 17.7. The summed E-state index contributed by atoms with van der Waals surface area (Å²) in [6.45, 7) is 3.85. The molecule has 0 fully saturated rings. The molecule has 0 saturated heterocycles. The zero-order valence-corrected chi connectivity index (χ0v) is 18.4. The molecule has 2 heterocycles. The van der Waals surface area contributed by atoms with Gasteiger partial charge in [0.25, 0.3) is 0 Å². The number of aromatic nitrogens is 2. The molecule has 0 radical (unpaired) electrons. The number of rotatable bonds is 6. The van der Waals surface area contributed by atoms with Crippen LogP contribution >= 0.6 is 15.9 Å². The maximum absolute atomic E-state index is 12.6. The second-order valence-corrected chi connectivity index (χ2v) is 7.98. The van der Waals surface area contributed by atoms with Gasteiger partial charge < -0.3 is 19.2 Å². The van der Waals surface area contributed by atoms with Gasteiger partial charge in [-0.2, -0.15) is 0 Å². The van der Waals surface area contributed by atoms with Crippen molar-refractivity contribution < 1.29 is 19.0 Å². The molecular formula is C23H21BrN2O4. The summed E-state index contributed by atoms with van der Waals surface area (Å²) >= 11 is 3.51. The minimum absolute atomic E-state index is 0.231. The van der Waals surface area contributed by atoms with Gasteiger partial charge in [-0.15, -0.1) is 0 Å². The second-order valence-electron chi connectivity index (χ2n) is 7.13. The topological polar surface area (TPSA) is 73.4 Å². The Morgan fingerprint density at radius 1 is 1.17 bits per heavy atom. The molecule has 7 heteroatoms. The summed E-state index contributed by atoms with van der Waals surface area (Å²) in [5.74, 6) is 0.937. The number of ether oxygens (including phenoxy) is 3. The standard InChI is InChI=1S/C23H21BrN2O4/c1-13(2)29-23(27)22-16(12-28-3)21-15-10-14(30-20-7-5-4-6-17(20)24)8-9-18(15)26-19(21)11-25-22/h4-11,13,26H,12H2,1-3H3. The van der Waals surface area contributed by atoms with Gasteiger partial charge in [-0.1, -0.05) is 12.1 Å². The molecule has 0 unspecified atom stereocenters. The Labute approximate surface area is 182 Å². The number of aromatic amines is 1. The Morgan fingerprint density at radius 2 is 1.97 bits per heavy atom. The molecule has 0 atom stereocenters. The van der Waals surface area contributed by atoms with Crippen LogP contribution < -0.4 is 4.74 Å². The van der Waals surface area contributed by atoms with Gasteiger partial charge in [0.15, 0.2) is 5.69 Å². The first-order chi connectivity index (χ1) is 14.5. The van der Waals surface area contributed by atoms with Crippen LogP contribution in [0.5, 0.6) is 11.5 Å². The molecule has 0 aliphatic heterocycles. The van der Waals surface area contributed by atoms with Crippen LogP contribution in [0.15, 0.2) is 53.1 Å². The number of hydrogen-bond donors (Lipinski definition) is 1. The average Bonchev–Trinajstić information content (AvgIpc) is 3.08. The largest absolute Gasteiger partial charge is 0.458 e. The van der Waals surface area contributed by atoms with Gasteiger partial charge in [-0.25, -0.2) is 9.78 Å². The van der Waals surface area contributed by atoms with E-state index in [1.165, 1.54) is 0 Å². The summed E-state index contributed by atoms with van der Waals surface area (Å²) in [6.07, 6.45) is 1.41. The normalized spacial score (nSPS) is 11.4.